The van der Waals surface area contributed by atoms with Gasteiger partial charge in [0.1, 0.15) is 18.1 Å². The average Bonchev–Trinajstić information content (AvgIpc) is 3.08. The zero-order valence-electron chi connectivity index (χ0n) is 16.0. The second-order valence-electron chi connectivity index (χ2n) is 6.67. The van der Waals surface area contributed by atoms with Gasteiger partial charge >= 0.3 is 0 Å². The first kappa shape index (κ1) is 18.5. The molecule has 0 saturated carbocycles. The number of carbonyl (C=O) groups excluding carboxylic acids is 1. The normalized spacial score (nSPS) is 10.8. The summed E-state index contributed by atoms with van der Waals surface area (Å²) in [5.41, 5.74) is 2.76. The van der Waals surface area contributed by atoms with Crippen molar-refractivity contribution in [1.29, 1.82) is 0 Å². The topological polar surface area (TPSA) is 85.8 Å². The molecule has 0 aliphatic carbocycles. The minimum Gasteiger partial charge on any atom is -0.487 e. The molecule has 7 heteroatoms. The van der Waals surface area contributed by atoms with Crippen molar-refractivity contribution in [3.8, 4) is 5.75 Å². The smallest absolute Gasteiger partial charge is 0.287 e. The number of hydrogen-bond donors (Lipinski definition) is 1. The molecule has 2 aromatic carbocycles. The third kappa shape index (κ3) is 4.03. The van der Waals surface area contributed by atoms with Crippen molar-refractivity contribution in [2.24, 2.45) is 0 Å². The number of nitrogens with zero attached hydrogens (tertiary/aromatic N) is 2. The van der Waals surface area contributed by atoms with Crippen LogP contribution in [0.3, 0.4) is 0 Å². The van der Waals surface area contributed by atoms with Crippen LogP contribution in [0.1, 0.15) is 27.4 Å². The predicted octanol–water partition coefficient (Wildman–Crippen LogP) is 3.74. The van der Waals surface area contributed by atoms with Crippen LogP contribution in [-0.4, -0.2) is 15.5 Å². The van der Waals surface area contributed by atoms with E-state index in [2.05, 4.69) is 10.3 Å². The van der Waals surface area contributed by atoms with E-state index in [1.165, 1.54) is 6.07 Å². The Morgan fingerprint density at radius 2 is 1.93 bits per heavy atom. The van der Waals surface area contributed by atoms with Gasteiger partial charge in [-0.05, 0) is 37.6 Å². The highest BCUT2D eigenvalue weighted by molar-refractivity contribution is 6.05. The van der Waals surface area contributed by atoms with E-state index in [4.69, 9.17) is 9.26 Å². The maximum absolute atomic E-state index is 12.5. The lowest BCUT2D eigenvalue weighted by Crippen LogP contribution is -2.14. The van der Waals surface area contributed by atoms with E-state index in [9.17, 15) is 9.59 Å². The summed E-state index contributed by atoms with van der Waals surface area (Å²) in [5, 5.41) is 2.87. The van der Waals surface area contributed by atoms with Gasteiger partial charge in [0.2, 0.25) is 0 Å². The summed E-state index contributed by atoms with van der Waals surface area (Å²) in [6.07, 6.45) is 0. The fraction of sp³-hybridized carbons (Fsp3) is 0.136. The molecule has 29 heavy (non-hydrogen) atoms. The number of nitrogens with one attached hydrogen (secondary N) is 1. The molecule has 0 aliphatic heterocycles. The lowest BCUT2D eigenvalue weighted by molar-refractivity contribution is 0.102. The summed E-state index contributed by atoms with van der Waals surface area (Å²) in [6.45, 7) is 3.76. The third-order valence-corrected chi connectivity index (χ3v) is 4.39. The first-order chi connectivity index (χ1) is 14.0. The Kier molecular flexibility index (Phi) is 4.87. The van der Waals surface area contributed by atoms with E-state index < -0.39 is 0 Å². The standard InChI is InChI=1S/C22H19N3O4/c1-14-6-3-4-9-19(14)22(27)24-16-7-5-8-18(11-16)28-13-17-12-21(26)25-20(23-17)10-15(2)29-25/h3-12H,13H2,1-2H3,(H,24,27). The molecule has 2 aromatic heterocycles. The molecule has 4 rings (SSSR count). The van der Waals surface area contributed by atoms with Crippen LogP contribution in [0.5, 0.6) is 5.75 Å². The Balaban J connectivity index is 1.47. The molecule has 2 heterocycles. The molecule has 0 spiro atoms. The van der Waals surface area contributed by atoms with Crippen LogP contribution in [0.2, 0.25) is 0 Å². The van der Waals surface area contributed by atoms with Crippen molar-refractivity contribution in [2.75, 3.05) is 5.32 Å². The molecule has 0 fully saturated rings. The summed E-state index contributed by atoms with van der Waals surface area (Å²) in [6, 6.07) is 17.5. The third-order valence-electron chi connectivity index (χ3n) is 4.39. The fourth-order valence-electron chi connectivity index (χ4n) is 2.99. The maximum atomic E-state index is 12.5. The zero-order valence-corrected chi connectivity index (χ0v) is 16.0. The van der Waals surface area contributed by atoms with Crippen molar-refractivity contribution < 1.29 is 14.1 Å². The molecule has 0 aliphatic rings. The molecule has 1 N–H and O–H groups in total. The quantitative estimate of drug-likeness (QED) is 0.562. The maximum Gasteiger partial charge on any atom is 0.287 e. The molecule has 4 aromatic rings. The lowest BCUT2D eigenvalue weighted by atomic mass is 10.1. The van der Waals surface area contributed by atoms with Crippen molar-refractivity contribution in [3.63, 3.8) is 0 Å². The number of carbonyl (C=O) groups is 1. The van der Waals surface area contributed by atoms with Gasteiger partial charge in [0.25, 0.3) is 11.5 Å². The van der Waals surface area contributed by atoms with Crippen LogP contribution < -0.4 is 15.6 Å². The number of benzene rings is 2. The second-order valence-corrected chi connectivity index (χ2v) is 6.67. The number of aryl methyl sites for hydroxylation is 2. The highest BCUT2D eigenvalue weighted by Crippen LogP contribution is 2.20. The molecular formula is C22H19N3O4. The monoisotopic (exact) mass is 389 g/mol. The minimum absolute atomic E-state index is 0.116. The van der Waals surface area contributed by atoms with Crippen LogP contribution in [0.15, 0.2) is 70.0 Å². The van der Waals surface area contributed by atoms with Crippen LogP contribution in [0.25, 0.3) is 5.65 Å². The Morgan fingerprint density at radius 1 is 1.10 bits per heavy atom. The minimum atomic E-state index is -0.305. The van der Waals surface area contributed by atoms with Crippen molar-refractivity contribution >= 4 is 17.2 Å². The van der Waals surface area contributed by atoms with Gasteiger partial charge in [-0.3, -0.25) is 9.59 Å². The molecule has 0 bridgehead atoms. The van der Waals surface area contributed by atoms with Crippen LogP contribution in [0, 0.1) is 13.8 Å². The van der Waals surface area contributed by atoms with Gasteiger partial charge in [0.15, 0.2) is 5.65 Å². The fourth-order valence-corrected chi connectivity index (χ4v) is 2.99. The van der Waals surface area contributed by atoms with E-state index in [1.807, 2.05) is 25.1 Å². The van der Waals surface area contributed by atoms with Gasteiger partial charge in [-0.25, -0.2) is 4.98 Å². The molecule has 0 saturated heterocycles. The highest BCUT2D eigenvalue weighted by Gasteiger charge is 2.10. The molecule has 1 amide bonds. The number of anilines is 1. The molecule has 0 radical (unpaired) electrons. The Hall–Kier alpha value is -3.87. The van der Waals surface area contributed by atoms with Gasteiger partial charge < -0.3 is 14.6 Å². The number of aromatic nitrogens is 2. The number of ether oxygens (including phenoxy) is 1. The summed E-state index contributed by atoms with van der Waals surface area (Å²) < 4.78 is 12.2. The van der Waals surface area contributed by atoms with Crippen LogP contribution >= 0.6 is 0 Å². The van der Waals surface area contributed by atoms with E-state index in [0.29, 0.717) is 34.1 Å². The van der Waals surface area contributed by atoms with Gasteiger partial charge in [0, 0.05) is 29.4 Å². The molecule has 0 unspecified atom stereocenters. The first-order valence-electron chi connectivity index (χ1n) is 9.09. The average molecular weight is 389 g/mol. The first-order valence-corrected chi connectivity index (χ1v) is 9.09. The molecule has 7 nitrogen and oxygen atoms in total. The molecule has 146 valence electrons. The van der Waals surface area contributed by atoms with E-state index in [-0.39, 0.29) is 18.1 Å². The molecular weight excluding hydrogens is 370 g/mol. The SMILES string of the molecule is Cc1cc2nc(COc3cccc(NC(=O)c4ccccc4C)c3)cc(=O)n2o1. The van der Waals surface area contributed by atoms with Crippen molar-refractivity contribution in [1.82, 2.24) is 9.56 Å². The summed E-state index contributed by atoms with van der Waals surface area (Å²) >= 11 is 0. The van der Waals surface area contributed by atoms with Gasteiger partial charge in [-0.1, -0.05) is 24.3 Å². The zero-order chi connectivity index (χ0) is 20.4. The predicted molar refractivity (Wildman–Crippen MR) is 108 cm³/mol. The Morgan fingerprint density at radius 3 is 2.76 bits per heavy atom. The highest BCUT2D eigenvalue weighted by atomic mass is 16.5. The number of rotatable bonds is 5. The Bertz CT molecular complexity index is 1260. The summed E-state index contributed by atoms with van der Waals surface area (Å²) in [5.74, 6) is 0.971. The van der Waals surface area contributed by atoms with E-state index >= 15 is 0 Å². The van der Waals surface area contributed by atoms with Gasteiger partial charge in [0.05, 0.1) is 5.69 Å². The van der Waals surface area contributed by atoms with Crippen molar-refractivity contribution in [2.45, 2.75) is 20.5 Å². The Labute approximate surface area is 166 Å². The van der Waals surface area contributed by atoms with E-state index in [1.54, 1.807) is 43.3 Å². The number of hydrogen-bond acceptors (Lipinski definition) is 5. The van der Waals surface area contributed by atoms with Crippen molar-refractivity contribution in [3.05, 3.63) is 93.6 Å². The number of fused-ring (bicyclic) bond motifs is 1. The van der Waals surface area contributed by atoms with Crippen LogP contribution in [0.4, 0.5) is 5.69 Å². The lowest BCUT2D eigenvalue weighted by Gasteiger charge is -2.10. The second kappa shape index (κ2) is 7.63. The van der Waals surface area contributed by atoms with E-state index in [0.717, 1.165) is 10.1 Å². The van der Waals surface area contributed by atoms with Crippen LogP contribution in [-0.2, 0) is 6.61 Å². The summed E-state index contributed by atoms with van der Waals surface area (Å²) in [7, 11) is 0. The molecule has 0 atom stereocenters. The van der Waals surface area contributed by atoms with Gasteiger partial charge in [-0.2, -0.15) is 0 Å². The summed E-state index contributed by atoms with van der Waals surface area (Å²) in [4.78, 5) is 28.9. The largest absolute Gasteiger partial charge is 0.487 e. The number of amides is 1. The van der Waals surface area contributed by atoms with Gasteiger partial charge in [-0.15, -0.1) is 4.57 Å².